The maximum absolute atomic E-state index is 11.6. The maximum Gasteiger partial charge on any atom is 0.338 e. The van der Waals surface area contributed by atoms with Gasteiger partial charge in [0.05, 0.1) is 17.8 Å². The van der Waals surface area contributed by atoms with E-state index in [1.807, 2.05) is 39.8 Å². The van der Waals surface area contributed by atoms with Crippen molar-refractivity contribution in [3.8, 4) is 0 Å². The molecule has 0 heterocycles. The molecule has 1 aromatic rings. The zero-order valence-corrected chi connectivity index (χ0v) is 12.4. The fourth-order valence-electron chi connectivity index (χ4n) is 2.42. The number of benzene rings is 1. The second-order valence-electron chi connectivity index (χ2n) is 5.43. The molecule has 0 unspecified atom stereocenters. The molecule has 0 bridgehead atoms. The lowest BCUT2D eigenvalue weighted by Gasteiger charge is -2.36. The first-order valence-electron chi connectivity index (χ1n) is 6.84. The van der Waals surface area contributed by atoms with E-state index in [-0.39, 0.29) is 17.8 Å². The zero-order chi connectivity index (χ0) is 14.6. The summed E-state index contributed by atoms with van der Waals surface area (Å²) in [6.07, 6.45) is 0. The Balaban J connectivity index is 3.06. The molecule has 0 saturated carbocycles. The van der Waals surface area contributed by atoms with Crippen molar-refractivity contribution in [2.24, 2.45) is 11.8 Å². The molecule has 19 heavy (non-hydrogen) atoms. The number of carbonyl (C=O) groups is 1. The summed E-state index contributed by atoms with van der Waals surface area (Å²) >= 11 is 0. The monoisotopic (exact) mass is 264 g/mol. The standard InChI is InChI=1S/C16H24O3/c1-6-19-15(17)13-7-9-14(10-8-13)16(18,11(2)3)12(4)5/h7-12,18H,6H2,1-5H3. The van der Waals surface area contributed by atoms with Crippen LogP contribution in [-0.2, 0) is 10.3 Å². The molecule has 0 spiro atoms. The van der Waals surface area contributed by atoms with E-state index in [1.54, 1.807) is 19.1 Å². The number of rotatable bonds is 5. The predicted octanol–water partition coefficient (Wildman–Crippen LogP) is 3.36. The molecule has 0 aliphatic heterocycles. The zero-order valence-electron chi connectivity index (χ0n) is 12.4. The summed E-state index contributed by atoms with van der Waals surface area (Å²) in [6.45, 7) is 10.1. The molecule has 0 aliphatic carbocycles. The van der Waals surface area contributed by atoms with Crippen molar-refractivity contribution >= 4 is 5.97 Å². The lowest BCUT2D eigenvalue weighted by Crippen LogP contribution is -2.37. The molecule has 0 aromatic heterocycles. The Morgan fingerprint density at radius 1 is 1.16 bits per heavy atom. The first-order valence-corrected chi connectivity index (χ1v) is 6.84. The molecule has 106 valence electrons. The largest absolute Gasteiger partial charge is 0.462 e. The summed E-state index contributed by atoms with van der Waals surface area (Å²) in [6, 6.07) is 7.05. The molecule has 1 rings (SSSR count). The highest BCUT2D eigenvalue weighted by Gasteiger charge is 2.36. The van der Waals surface area contributed by atoms with Crippen molar-refractivity contribution in [2.45, 2.75) is 40.2 Å². The Bertz CT molecular complexity index is 410. The fourth-order valence-corrected chi connectivity index (χ4v) is 2.42. The number of aliphatic hydroxyl groups is 1. The summed E-state index contributed by atoms with van der Waals surface area (Å²) in [4.78, 5) is 11.6. The van der Waals surface area contributed by atoms with Gasteiger partial charge in [0.15, 0.2) is 0 Å². The average Bonchev–Trinajstić information content (AvgIpc) is 2.37. The van der Waals surface area contributed by atoms with Gasteiger partial charge in [-0.3, -0.25) is 0 Å². The Hall–Kier alpha value is -1.35. The van der Waals surface area contributed by atoms with E-state index in [1.165, 1.54) is 0 Å². The highest BCUT2D eigenvalue weighted by atomic mass is 16.5. The minimum Gasteiger partial charge on any atom is -0.462 e. The predicted molar refractivity (Wildman–Crippen MR) is 76.0 cm³/mol. The van der Waals surface area contributed by atoms with Gasteiger partial charge in [-0.15, -0.1) is 0 Å². The molecule has 0 aliphatic rings. The van der Waals surface area contributed by atoms with Crippen LogP contribution in [0.1, 0.15) is 50.5 Å². The van der Waals surface area contributed by atoms with E-state index in [0.29, 0.717) is 12.2 Å². The fraction of sp³-hybridized carbons (Fsp3) is 0.562. The summed E-state index contributed by atoms with van der Waals surface area (Å²) in [7, 11) is 0. The third kappa shape index (κ3) is 3.16. The van der Waals surface area contributed by atoms with E-state index in [4.69, 9.17) is 4.74 Å². The third-order valence-corrected chi connectivity index (χ3v) is 3.62. The first-order chi connectivity index (χ1) is 8.83. The van der Waals surface area contributed by atoms with Crippen LogP contribution in [-0.4, -0.2) is 17.7 Å². The SMILES string of the molecule is CCOC(=O)c1ccc(C(O)(C(C)C)C(C)C)cc1. The van der Waals surface area contributed by atoms with Crippen molar-refractivity contribution in [3.05, 3.63) is 35.4 Å². The van der Waals surface area contributed by atoms with Crippen LogP contribution in [0.15, 0.2) is 24.3 Å². The van der Waals surface area contributed by atoms with Gasteiger partial charge in [0, 0.05) is 0 Å². The van der Waals surface area contributed by atoms with E-state index in [9.17, 15) is 9.90 Å². The molecule has 0 amide bonds. The molecule has 1 aromatic carbocycles. The van der Waals surface area contributed by atoms with Gasteiger partial charge in [0.2, 0.25) is 0 Å². The van der Waals surface area contributed by atoms with Crippen LogP contribution in [0.5, 0.6) is 0 Å². The molecule has 0 fully saturated rings. The van der Waals surface area contributed by atoms with Gasteiger partial charge < -0.3 is 9.84 Å². The topological polar surface area (TPSA) is 46.5 Å². The Kier molecular flexibility index (Phi) is 5.12. The molecule has 3 nitrogen and oxygen atoms in total. The quantitative estimate of drug-likeness (QED) is 0.829. The van der Waals surface area contributed by atoms with Crippen LogP contribution < -0.4 is 0 Å². The van der Waals surface area contributed by atoms with Gasteiger partial charge in [-0.25, -0.2) is 4.79 Å². The Morgan fingerprint density at radius 3 is 2.00 bits per heavy atom. The number of carbonyl (C=O) groups excluding carboxylic acids is 1. The van der Waals surface area contributed by atoms with Crippen molar-refractivity contribution in [1.29, 1.82) is 0 Å². The maximum atomic E-state index is 11.6. The van der Waals surface area contributed by atoms with Gasteiger partial charge in [-0.05, 0) is 36.5 Å². The summed E-state index contributed by atoms with van der Waals surface area (Å²) in [5.74, 6) is -0.131. The molecule has 0 radical (unpaired) electrons. The first kappa shape index (κ1) is 15.7. The molecule has 1 N–H and O–H groups in total. The van der Waals surface area contributed by atoms with Crippen LogP contribution in [0.2, 0.25) is 0 Å². The van der Waals surface area contributed by atoms with Crippen molar-refractivity contribution in [1.82, 2.24) is 0 Å². The Morgan fingerprint density at radius 2 is 1.63 bits per heavy atom. The van der Waals surface area contributed by atoms with Crippen molar-refractivity contribution < 1.29 is 14.6 Å². The highest BCUT2D eigenvalue weighted by Crippen LogP contribution is 2.36. The van der Waals surface area contributed by atoms with Crippen LogP contribution in [0.3, 0.4) is 0 Å². The minimum atomic E-state index is -0.882. The second kappa shape index (κ2) is 6.20. The van der Waals surface area contributed by atoms with Gasteiger partial charge >= 0.3 is 5.97 Å². The van der Waals surface area contributed by atoms with E-state index in [2.05, 4.69) is 0 Å². The van der Waals surface area contributed by atoms with Crippen LogP contribution in [0, 0.1) is 11.8 Å². The highest BCUT2D eigenvalue weighted by molar-refractivity contribution is 5.89. The number of esters is 1. The molecular formula is C16H24O3. The van der Waals surface area contributed by atoms with Gasteiger partial charge in [-0.1, -0.05) is 39.8 Å². The number of hydrogen-bond donors (Lipinski definition) is 1. The molecule has 0 saturated heterocycles. The van der Waals surface area contributed by atoms with Crippen LogP contribution in [0.4, 0.5) is 0 Å². The minimum absolute atomic E-state index is 0.0981. The van der Waals surface area contributed by atoms with E-state index < -0.39 is 5.60 Å². The van der Waals surface area contributed by atoms with Gasteiger partial charge in [0.25, 0.3) is 0 Å². The number of ether oxygens (including phenoxy) is 1. The normalized spacial score (nSPS) is 12.0. The van der Waals surface area contributed by atoms with E-state index in [0.717, 1.165) is 5.56 Å². The summed E-state index contributed by atoms with van der Waals surface area (Å²) in [5.41, 5.74) is 0.471. The van der Waals surface area contributed by atoms with Crippen LogP contribution >= 0.6 is 0 Å². The molecule has 0 atom stereocenters. The lowest BCUT2D eigenvalue weighted by molar-refractivity contribution is -0.0531. The van der Waals surface area contributed by atoms with E-state index >= 15 is 0 Å². The molecular weight excluding hydrogens is 240 g/mol. The lowest BCUT2D eigenvalue weighted by atomic mass is 9.75. The van der Waals surface area contributed by atoms with Crippen molar-refractivity contribution in [2.75, 3.05) is 6.61 Å². The molecule has 3 heteroatoms. The van der Waals surface area contributed by atoms with Crippen LogP contribution in [0.25, 0.3) is 0 Å². The summed E-state index contributed by atoms with van der Waals surface area (Å²) < 4.78 is 4.95. The van der Waals surface area contributed by atoms with Gasteiger partial charge in [-0.2, -0.15) is 0 Å². The Labute approximate surface area is 115 Å². The summed E-state index contributed by atoms with van der Waals surface area (Å²) in [5, 5.41) is 10.9. The second-order valence-corrected chi connectivity index (χ2v) is 5.43. The average molecular weight is 264 g/mol. The number of hydrogen-bond acceptors (Lipinski definition) is 3. The van der Waals surface area contributed by atoms with Gasteiger partial charge in [0.1, 0.15) is 0 Å². The smallest absolute Gasteiger partial charge is 0.338 e. The van der Waals surface area contributed by atoms with Crippen molar-refractivity contribution in [3.63, 3.8) is 0 Å². The third-order valence-electron chi connectivity index (χ3n) is 3.62.